The van der Waals surface area contributed by atoms with Crippen LogP contribution in [0.25, 0.3) is 0 Å². The van der Waals surface area contributed by atoms with Crippen molar-refractivity contribution in [2.24, 2.45) is 0 Å². The smallest absolute Gasteiger partial charge is 0.324 e. The number of fused-ring (bicyclic) bond motifs is 1. The first-order valence-corrected chi connectivity index (χ1v) is 8.19. The normalized spacial score (nSPS) is 20.8. The Labute approximate surface area is 138 Å². The summed E-state index contributed by atoms with van der Waals surface area (Å²) in [7, 11) is 0. The molecule has 1 aromatic heterocycles. The lowest BCUT2D eigenvalue weighted by atomic mass is 10.1. The van der Waals surface area contributed by atoms with Crippen LogP contribution >= 0.6 is 0 Å². The summed E-state index contributed by atoms with van der Waals surface area (Å²) in [6.45, 7) is 3.15. The maximum Gasteiger partial charge on any atom is 0.324 e. The number of carbonyl (C=O) groups excluding carboxylic acids is 3. The third kappa shape index (κ3) is 2.93. The molecule has 9 heteroatoms. The van der Waals surface area contributed by atoms with Gasteiger partial charge in [-0.1, -0.05) is 6.92 Å². The van der Waals surface area contributed by atoms with Gasteiger partial charge < -0.3 is 15.3 Å². The molecule has 4 amide bonds. The molecule has 3 rings (SSSR count). The van der Waals surface area contributed by atoms with Gasteiger partial charge in [0.2, 0.25) is 5.91 Å². The molecule has 0 spiro atoms. The number of carbonyl (C=O) groups is 3. The first-order valence-electron chi connectivity index (χ1n) is 8.19. The fourth-order valence-electron chi connectivity index (χ4n) is 3.21. The Balaban J connectivity index is 1.61. The summed E-state index contributed by atoms with van der Waals surface area (Å²) in [5.41, 5.74) is 1.37. The second-order valence-corrected chi connectivity index (χ2v) is 6.11. The Bertz CT molecular complexity index is 722. The number of hydrogen-bond donors (Lipinski definition) is 3. The molecule has 0 radical (unpaired) electrons. The first-order chi connectivity index (χ1) is 11.5. The minimum Gasteiger partial charge on any atom is -0.342 e. The van der Waals surface area contributed by atoms with Crippen molar-refractivity contribution in [3.8, 4) is 0 Å². The van der Waals surface area contributed by atoms with Crippen molar-refractivity contribution in [1.82, 2.24) is 25.3 Å². The zero-order valence-corrected chi connectivity index (χ0v) is 13.6. The highest BCUT2D eigenvalue weighted by molar-refractivity contribution is 6.05. The highest BCUT2D eigenvalue weighted by atomic mass is 16.2. The van der Waals surface area contributed by atoms with Gasteiger partial charge in [0.15, 0.2) is 0 Å². The van der Waals surface area contributed by atoms with Crippen molar-refractivity contribution in [3.05, 3.63) is 21.6 Å². The molecule has 0 saturated carbocycles. The van der Waals surface area contributed by atoms with Crippen molar-refractivity contribution in [3.63, 3.8) is 0 Å². The van der Waals surface area contributed by atoms with Crippen molar-refractivity contribution in [2.45, 2.75) is 38.6 Å². The number of urea groups is 1. The molecule has 0 aromatic carbocycles. The monoisotopic (exact) mass is 335 g/mol. The van der Waals surface area contributed by atoms with Crippen LogP contribution in [0.3, 0.4) is 0 Å². The van der Waals surface area contributed by atoms with Gasteiger partial charge >= 0.3 is 6.03 Å². The minimum absolute atomic E-state index is 0.0465. The summed E-state index contributed by atoms with van der Waals surface area (Å²) >= 11 is 0. The van der Waals surface area contributed by atoms with E-state index in [1.165, 1.54) is 0 Å². The molecular weight excluding hydrogens is 314 g/mol. The van der Waals surface area contributed by atoms with Crippen LogP contribution in [0, 0.1) is 0 Å². The summed E-state index contributed by atoms with van der Waals surface area (Å²) < 4.78 is 0. The lowest BCUT2D eigenvalue weighted by molar-refractivity contribution is -0.135. The number of nitrogens with zero attached hydrogens (tertiary/aromatic N) is 2. The number of imide groups is 1. The Morgan fingerprint density at radius 3 is 2.67 bits per heavy atom. The Morgan fingerprint density at radius 2 is 1.92 bits per heavy atom. The highest BCUT2D eigenvalue weighted by Gasteiger charge is 2.39. The van der Waals surface area contributed by atoms with Gasteiger partial charge in [0, 0.05) is 37.3 Å². The van der Waals surface area contributed by atoms with Crippen LogP contribution in [0.1, 0.15) is 31.0 Å². The van der Waals surface area contributed by atoms with Crippen LogP contribution in [0.2, 0.25) is 0 Å². The third-order valence-electron chi connectivity index (χ3n) is 4.51. The van der Waals surface area contributed by atoms with Gasteiger partial charge in [-0.3, -0.25) is 24.4 Å². The van der Waals surface area contributed by atoms with Gasteiger partial charge in [0.1, 0.15) is 6.04 Å². The van der Waals surface area contributed by atoms with Crippen LogP contribution in [0.15, 0.2) is 4.79 Å². The van der Waals surface area contributed by atoms with Crippen LogP contribution in [0.4, 0.5) is 4.79 Å². The second kappa shape index (κ2) is 6.50. The SMILES string of the molecule is CCCN1C(=O)NC(CC(=O)N2CCc3[nH][nH]c(=O)c3CC2)C1=O. The lowest BCUT2D eigenvalue weighted by Gasteiger charge is -2.21. The topological polar surface area (TPSA) is 118 Å². The van der Waals surface area contributed by atoms with E-state index in [1.807, 2.05) is 6.92 Å². The molecule has 1 fully saturated rings. The van der Waals surface area contributed by atoms with Crippen molar-refractivity contribution in [1.29, 1.82) is 0 Å². The summed E-state index contributed by atoms with van der Waals surface area (Å²) in [5, 5.41) is 7.97. The Morgan fingerprint density at radius 1 is 1.17 bits per heavy atom. The Kier molecular flexibility index (Phi) is 4.41. The van der Waals surface area contributed by atoms with Crippen LogP contribution in [0.5, 0.6) is 0 Å². The van der Waals surface area contributed by atoms with E-state index in [9.17, 15) is 19.2 Å². The molecular formula is C15H21N5O4. The average Bonchev–Trinajstić information content (AvgIpc) is 2.93. The van der Waals surface area contributed by atoms with Crippen LogP contribution < -0.4 is 10.9 Å². The van der Waals surface area contributed by atoms with Gasteiger partial charge in [-0.05, 0) is 12.8 Å². The van der Waals surface area contributed by atoms with Gasteiger partial charge in [-0.15, -0.1) is 0 Å². The van der Waals surface area contributed by atoms with Crippen LogP contribution in [-0.4, -0.2) is 63.5 Å². The fourth-order valence-corrected chi connectivity index (χ4v) is 3.21. The second-order valence-electron chi connectivity index (χ2n) is 6.11. The number of rotatable bonds is 4. The highest BCUT2D eigenvalue weighted by Crippen LogP contribution is 2.14. The first kappa shape index (κ1) is 16.3. The number of hydrogen-bond acceptors (Lipinski definition) is 4. The molecule has 1 atom stereocenters. The summed E-state index contributed by atoms with van der Waals surface area (Å²) in [6.07, 6.45) is 1.67. The van der Waals surface area contributed by atoms with Crippen LogP contribution in [-0.2, 0) is 22.4 Å². The van der Waals surface area contributed by atoms with Gasteiger partial charge in [-0.2, -0.15) is 0 Å². The Hall–Kier alpha value is -2.58. The molecule has 3 N–H and O–H groups in total. The summed E-state index contributed by atoms with van der Waals surface area (Å²) in [5.74, 6) is -0.528. The zero-order valence-electron chi connectivity index (χ0n) is 13.6. The zero-order chi connectivity index (χ0) is 17.3. The fraction of sp³-hybridized carbons (Fsp3) is 0.600. The quantitative estimate of drug-likeness (QED) is 0.634. The van der Waals surface area contributed by atoms with E-state index in [2.05, 4.69) is 15.5 Å². The molecule has 1 aromatic rings. The van der Waals surface area contributed by atoms with E-state index in [4.69, 9.17) is 0 Å². The maximum absolute atomic E-state index is 12.5. The number of aromatic amines is 2. The van der Waals surface area contributed by atoms with Gasteiger partial charge in [0.25, 0.3) is 11.5 Å². The molecule has 1 unspecified atom stereocenters. The lowest BCUT2D eigenvalue weighted by Crippen LogP contribution is -2.40. The van der Waals surface area contributed by atoms with E-state index in [0.29, 0.717) is 44.5 Å². The maximum atomic E-state index is 12.5. The molecule has 2 aliphatic rings. The molecule has 9 nitrogen and oxygen atoms in total. The summed E-state index contributed by atoms with van der Waals surface area (Å²) in [6, 6.07) is -1.22. The molecule has 3 heterocycles. The number of aromatic nitrogens is 2. The van der Waals surface area contributed by atoms with E-state index in [1.54, 1.807) is 4.90 Å². The van der Waals surface area contributed by atoms with E-state index >= 15 is 0 Å². The number of H-pyrrole nitrogens is 2. The molecule has 24 heavy (non-hydrogen) atoms. The van der Waals surface area contributed by atoms with E-state index in [0.717, 1.165) is 10.6 Å². The van der Waals surface area contributed by atoms with Gasteiger partial charge in [0.05, 0.1) is 6.42 Å². The molecule has 130 valence electrons. The van der Waals surface area contributed by atoms with Crippen molar-refractivity contribution >= 4 is 17.8 Å². The van der Waals surface area contributed by atoms with Crippen molar-refractivity contribution < 1.29 is 14.4 Å². The molecule has 0 aliphatic carbocycles. The average molecular weight is 335 g/mol. The largest absolute Gasteiger partial charge is 0.342 e. The molecule has 0 bridgehead atoms. The standard InChI is InChI=1S/C15H21N5O4/c1-2-5-20-14(23)11(16-15(20)24)8-12(21)19-6-3-9-10(4-7-19)17-18-13(9)22/h11H,2-8H2,1H3,(H,16,24)(H2,17,18,22). The van der Waals surface area contributed by atoms with E-state index in [-0.39, 0.29) is 23.8 Å². The molecule has 1 saturated heterocycles. The van der Waals surface area contributed by atoms with Crippen molar-refractivity contribution in [2.75, 3.05) is 19.6 Å². The third-order valence-corrected chi connectivity index (χ3v) is 4.51. The number of amides is 4. The predicted molar refractivity (Wildman–Crippen MR) is 84.3 cm³/mol. The predicted octanol–water partition coefficient (Wildman–Crippen LogP) is -0.649. The minimum atomic E-state index is -0.791. The summed E-state index contributed by atoms with van der Waals surface area (Å²) in [4.78, 5) is 50.9. The molecule has 2 aliphatic heterocycles. The van der Waals surface area contributed by atoms with Gasteiger partial charge in [-0.25, -0.2) is 4.79 Å². The number of nitrogens with one attached hydrogen (secondary N) is 3. The van der Waals surface area contributed by atoms with E-state index < -0.39 is 12.1 Å².